The molecule has 0 radical (unpaired) electrons. The maximum Gasteiger partial charge on any atom is 0.245 e. The maximum atomic E-state index is 11.7. The minimum atomic E-state index is 0.0758. The second-order valence-electron chi connectivity index (χ2n) is 8.70. The Hall–Kier alpha value is -2.99. The van der Waals surface area contributed by atoms with Crippen LogP contribution in [-0.2, 0) is 11.2 Å². The largest absolute Gasteiger partial charge is 0.339 e. The lowest BCUT2D eigenvalue weighted by Crippen LogP contribution is -2.61. The van der Waals surface area contributed by atoms with Crippen molar-refractivity contribution in [2.75, 3.05) is 32.7 Å². The zero-order chi connectivity index (χ0) is 20.6. The van der Waals surface area contributed by atoms with Gasteiger partial charge in [0.05, 0.1) is 0 Å². The van der Waals surface area contributed by atoms with Gasteiger partial charge in [-0.1, -0.05) is 30.8 Å². The van der Waals surface area contributed by atoms with Crippen LogP contribution in [0, 0.1) is 5.41 Å². The summed E-state index contributed by atoms with van der Waals surface area (Å²) in [5.41, 5.74) is 4.83. The van der Waals surface area contributed by atoms with E-state index in [1.54, 1.807) is 6.33 Å². The van der Waals surface area contributed by atoms with E-state index in [2.05, 4.69) is 56.8 Å². The van der Waals surface area contributed by atoms with Crippen molar-refractivity contribution in [1.82, 2.24) is 24.8 Å². The molecule has 2 fully saturated rings. The number of hydrogen-bond donors (Lipinski definition) is 1. The molecular formula is C24H27N5O. The zero-order valence-electron chi connectivity index (χ0n) is 17.2. The normalized spacial score (nSPS) is 18.5. The molecule has 0 atom stereocenters. The first-order valence-corrected chi connectivity index (χ1v) is 10.7. The van der Waals surface area contributed by atoms with Gasteiger partial charge in [0.2, 0.25) is 5.91 Å². The topological polar surface area (TPSA) is 65.1 Å². The van der Waals surface area contributed by atoms with Gasteiger partial charge in [0, 0.05) is 42.3 Å². The van der Waals surface area contributed by atoms with Gasteiger partial charge in [0.25, 0.3) is 0 Å². The highest BCUT2D eigenvalue weighted by molar-refractivity contribution is 5.87. The van der Waals surface area contributed by atoms with Gasteiger partial charge in [0.15, 0.2) is 0 Å². The first-order valence-electron chi connectivity index (χ1n) is 10.7. The molecule has 0 bridgehead atoms. The minimum Gasteiger partial charge on any atom is -0.339 e. The Morgan fingerprint density at radius 1 is 1.20 bits per heavy atom. The lowest BCUT2D eigenvalue weighted by Gasteiger charge is -2.53. The van der Waals surface area contributed by atoms with Gasteiger partial charge in [0.1, 0.15) is 12.0 Å². The Labute approximate surface area is 176 Å². The predicted octanol–water partition coefficient (Wildman–Crippen LogP) is 3.28. The van der Waals surface area contributed by atoms with E-state index in [1.165, 1.54) is 30.0 Å². The number of likely N-dealkylation sites (tertiary alicyclic amines) is 2. The van der Waals surface area contributed by atoms with Crippen molar-refractivity contribution in [3.8, 4) is 11.3 Å². The van der Waals surface area contributed by atoms with Crippen LogP contribution in [0.15, 0.2) is 55.5 Å². The molecule has 2 saturated heterocycles. The molecule has 2 aliphatic heterocycles. The van der Waals surface area contributed by atoms with Crippen LogP contribution in [0.4, 0.5) is 0 Å². The van der Waals surface area contributed by atoms with Crippen molar-refractivity contribution in [3.63, 3.8) is 0 Å². The number of benzene rings is 1. The number of nitrogens with zero attached hydrogens (tertiary/aromatic N) is 4. The summed E-state index contributed by atoms with van der Waals surface area (Å²) >= 11 is 0. The van der Waals surface area contributed by atoms with E-state index in [0.717, 1.165) is 55.9 Å². The van der Waals surface area contributed by atoms with Crippen molar-refractivity contribution in [2.45, 2.75) is 19.3 Å². The molecule has 2 aromatic heterocycles. The summed E-state index contributed by atoms with van der Waals surface area (Å²) in [4.78, 5) is 27.9. The van der Waals surface area contributed by atoms with Crippen LogP contribution in [0.2, 0.25) is 0 Å². The van der Waals surface area contributed by atoms with Crippen molar-refractivity contribution in [2.24, 2.45) is 5.41 Å². The fraction of sp³-hybridized carbons (Fsp3) is 0.375. The SMILES string of the molecule is C=CC(=O)N1CC2(CCN(CCc3ccc(-c4cc5cncnc5[nH]4)cc3)CC2)C1. The molecule has 1 spiro atoms. The summed E-state index contributed by atoms with van der Waals surface area (Å²) in [6.45, 7) is 8.76. The first-order chi connectivity index (χ1) is 14.6. The number of amides is 1. The molecule has 154 valence electrons. The molecule has 5 rings (SSSR count). The summed E-state index contributed by atoms with van der Waals surface area (Å²) < 4.78 is 0. The molecule has 6 heteroatoms. The number of aromatic nitrogens is 3. The lowest BCUT2D eigenvalue weighted by molar-refractivity contribution is -0.141. The minimum absolute atomic E-state index is 0.0758. The van der Waals surface area contributed by atoms with Gasteiger partial charge < -0.3 is 14.8 Å². The molecular weight excluding hydrogens is 374 g/mol. The van der Waals surface area contributed by atoms with Gasteiger partial charge in [-0.2, -0.15) is 0 Å². The standard InChI is InChI=1S/C24H27N5O/c1-2-22(30)29-15-24(16-29)8-11-28(12-9-24)10-7-18-3-5-19(6-4-18)21-13-20-14-25-17-26-23(20)27-21/h2-6,13-14,17H,1,7-12,15-16H2,(H,25,26,27). The molecule has 1 amide bonds. The maximum absolute atomic E-state index is 11.7. The molecule has 0 unspecified atom stereocenters. The third-order valence-corrected chi connectivity index (χ3v) is 6.73. The van der Waals surface area contributed by atoms with Crippen LogP contribution >= 0.6 is 0 Å². The fourth-order valence-corrected chi connectivity index (χ4v) is 4.78. The van der Waals surface area contributed by atoms with Gasteiger partial charge in [-0.3, -0.25) is 4.79 Å². The fourth-order valence-electron chi connectivity index (χ4n) is 4.78. The highest BCUT2D eigenvalue weighted by atomic mass is 16.2. The molecule has 30 heavy (non-hydrogen) atoms. The third kappa shape index (κ3) is 3.63. The number of piperidine rings is 1. The molecule has 1 N–H and O–H groups in total. The lowest BCUT2D eigenvalue weighted by atomic mass is 9.72. The summed E-state index contributed by atoms with van der Waals surface area (Å²) in [5.74, 6) is 0.0758. The Morgan fingerprint density at radius 2 is 1.97 bits per heavy atom. The smallest absolute Gasteiger partial charge is 0.245 e. The Morgan fingerprint density at radius 3 is 2.67 bits per heavy atom. The number of carbonyl (C=O) groups excluding carboxylic acids is 1. The Kier molecular flexibility index (Phi) is 4.87. The first kappa shape index (κ1) is 19.0. The van der Waals surface area contributed by atoms with E-state index in [0.29, 0.717) is 5.41 Å². The number of hydrogen-bond acceptors (Lipinski definition) is 4. The number of aromatic amines is 1. The van der Waals surface area contributed by atoms with Crippen molar-refractivity contribution in [1.29, 1.82) is 0 Å². The summed E-state index contributed by atoms with van der Waals surface area (Å²) in [5, 5.41) is 1.03. The zero-order valence-corrected chi connectivity index (χ0v) is 17.2. The second kappa shape index (κ2) is 7.69. The van der Waals surface area contributed by atoms with Crippen LogP contribution < -0.4 is 0 Å². The molecule has 3 aromatic rings. The Bertz CT molecular complexity index is 1020. The average Bonchev–Trinajstić information content (AvgIpc) is 3.20. The second-order valence-corrected chi connectivity index (χ2v) is 8.70. The highest BCUT2D eigenvalue weighted by Crippen LogP contribution is 2.40. The Balaban J connectivity index is 1.12. The molecule has 1 aromatic carbocycles. The molecule has 4 heterocycles. The van der Waals surface area contributed by atoms with Crippen LogP contribution in [-0.4, -0.2) is 63.4 Å². The molecule has 0 saturated carbocycles. The van der Waals surface area contributed by atoms with Crippen molar-refractivity contribution in [3.05, 3.63) is 61.1 Å². The van der Waals surface area contributed by atoms with E-state index >= 15 is 0 Å². The summed E-state index contributed by atoms with van der Waals surface area (Å²) in [6, 6.07) is 10.9. The van der Waals surface area contributed by atoms with Crippen molar-refractivity contribution < 1.29 is 4.79 Å². The van der Waals surface area contributed by atoms with Gasteiger partial charge in [-0.05, 0) is 55.6 Å². The quantitative estimate of drug-likeness (QED) is 0.667. The van der Waals surface area contributed by atoms with Gasteiger partial charge in [-0.25, -0.2) is 9.97 Å². The third-order valence-electron chi connectivity index (χ3n) is 6.73. The molecule has 6 nitrogen and oxygen atoms in total. The molecule has 0 aliphatic carbocycles. The van der Waals surface area contributed by atoms with Crippen molar-refractivity contribution >= 4 is 16.9 Å². The number of nitrogens with one attached hydrogen (secondary N) is 1. The van der Waals surface area contributed by atoms with E-state index in [4.69, 9.17) is 0 Å². The summed E-state index contributed by atoms with van der Waals surface area (Å²) in [7, 11) is 0. The van der Waals surface area contributed by atoms with E-state index < -0.39 is 0 Å². The molecule has 2 aliphatic rings. The number of fused-ring (bicyclic) bond motifs is 1. The van der Waals surface area contributed by atoms with Crippen LogP contribution in [0.3, 0.4) is 0 Å². The van der Waals surface area contributed by atoms with Gasteiger partial charge in [-0.15, -0.1) is 0 Å². The number of carbonyl (C=O) groups is 1. The highest BCUT2D eigenvalue weighted by Gasteiger charge is 2.45. The number of H-pyrrole nitrogens is 1. The average molecular weight is 402 g/mol. The van der Waals surface area contributed by atoms with Crippen LogP contribution in [0.1, 0.15) is 18.4 Å². The predicted molar refractivity (Wildman–Crippen MR) is 118 cm³/mol. The summed E-state index contributed by atoms with van der Waals surface area (Å²) in [6.07, 6.45) is 8.27. The van der Waals surface area contributed by atoms with E-state index in [1.807, 2.05) is 11.1 Å². The monoisotopic (exact) mass is 401 g/mol. The van der Waals surface area contributed by atoms with Gasteiger partial charge >= 0.3 is 0 Å². The van der Waals surface area contributed by atoms with Crippen LogP contribution in [0.25, 0.3) is 22.3 Å². The van der Waals surface area contributed by atoms with E-state index in [-0.39, 0.29) is 5.91 Å². The number of rotatable bonds is 5. The van der Waals surface area contributed by atoms with E-state index in [9.17, 15) is 4.79 Å². The van der Waals surface area contributed by atoms with Crippen LogP contribution in [0.5, 0.6) is 0 Å².